The molecule has 0 saturated carbocycles. The molecule has 29 heavy (non-hydrogen) atoms. The zero-order valence-electron chi connectivity index (χ0n) is 20.1. The summed E-state index contributed by atoms with van der Waals surface area (Å²) < 4.78 is 11.5. The zero-order chi connectivity index (χ0) is 22.2. The molecule has 5 unspecified atom stereocenters. The van der Waals surface area contributed by atoms with E-state index in [9.17, 15) is 9.59 Å². The van der Waals surface area contributed by atoms with Crippen molar-refractivity contribution in [2.24, 2.45) is 17.3 Å². The Morgan fingerprint density at radius 1 is 1.10 bits per heavy atom. The smallest absolute Gasteiger partial charge is 0.225 e. The molecule has 1 rings (SSSR count). The molecule has 0 aromatic carbocycles. The van der Waals surface area contributed by atoms with Gasteiger partial charge >= 0.3 is 0 Å². The number of Topliss-reactive ketones (excluding diaryl/α,β-unsaturated/α-hetero) is 1. The quantitative estimate of drug-likeness (QED) is 0.434. The van der Waals surface area contributed by atoms with Crippen LogP contribution in [0.15, 0.2) is 0 Å². The van der Waals surface area contributed by atoms with E-state index in [1.54, 1.807) is 14.2 Å². The van der Waals surface area contributed by atoms with Gasteiger partial charge in [-0.2, -0.15) is 0 Å². The molecule has 1 heterocycles. The summed E-state index contributed by atoms with van der Waals surface area (Å²) in [7, 11) is 3.36. The Morgan fingerprint density at radius 2 is 1.72 bits per heavy atom. The van der Waals surface area contributed by atoms with Gasteiger partial charge in [-0.1, -0.05) is 48.0 Å². The molecule has 0 aliphatic carbocycles. The number of hydrogen-bond acceptors (Lipinski definition) is 4. The Labute approximate surface area is 178 Å². The minimum atomic E-state index is -0.332. The molecule has 0 bridgehead atoms. The fraction of sp³-hybridized carbons (Fsp3) is 0.917. The fourth-order valence-electron chi connectivity index (χ4n) is 4.63. The SMILES string of the molecule is CCC(C)CC(CC(=O)N1CCCC1C(OC)C(C)C(=O)C(C)(CC)CC)OC. The number of carbonyl (C=O) groups is 2. The first-order valence-electron chi connectivity index (χ1n) is 11.6. The average Bonchev–Trinajstić information content (AvgIpc) is 3.21. The van der Waals surface area contributed by atoms with Crippen molar-refractivity contribution < 1.29 is 19.1 Å². The minimum Gasteiger partial charge on any atom is -0.381 e. The van der Waals surface area contributed by atoms with Crippen LogP contribution in [0.1, 0.15) is 86.5 Å². The van der Waals surface area contributed by atoms with Crippen LogP contribution in [0.2, 0.25) is 0 Å². The van der Waals surface area contributed by atoms with Gasteiger partial charge in [0.15, 0.2) is 0 Å². The summed E-state index contributed by atoms with van der Waals surface area (Å²) in [6, 6.07) is -0.0366. The Hall–Kier alpha value is -0.940. The maximum atomic E-state index is 13.2. The number of ether oxygens (including phenoxy) is 2. The number of hydrogen-bond donors (Lipinski definition) is 0. The predicted molar refractivity (Wildman–Crippen MR) is 118 cm³/mol. The van der Waals surface area contributed by atoms with Crippen LogP contribution in [0, 0.1) is 17.3 Å². The van der Waals surface area contributed by atoms with E-state index < -0.39 is 0 Å². The van der Waals surface area contributed by atoms with Gasteiger partial charge in [0, 0.05) is 32.1 Å². The second kappa shape index (κ2) is 12.0. The number of nitrogens with zero attached hydrogens (tertiary/aromatic N) is 1. The third-order valence-electron chi connectivity index (χ3n) is 7.43. The number of carbonyl (C=O) groups excluding carboxylic acids is 2. The van der Waals surface area contributed by atoms with Crippen LogP contribution < -0.4 is 0 Å². The summed E-state index contributed by atoms with van der Waals surface area (Å²) in [6.07, 6.45) is 5.55. The summed E-state index contributed by atoms with van der Waals surface area (Å²) in [5, 5.41) is 0. The highest BCUT2D eigenvalue weighted by molar-refractivity contribution is 5.87. The summed E-state index contributed by atoms with van der Waals surface area (Å²) >= 11 is 0. The lowest BCUT2D eigenvalue weighted by Crippen LogP contribution is -2.50. The van der Waals surface area contributed by atoms with Gasteiger partial charge in [0.1, 0.15) is 5.78 Å². The third kappa shape index (κ3) is 6.52. The highest BCUT2D eigenvalue weighted by Crippen LogP contribution is 2.35. The first-order valence-corrected chi connectivity index (χ1v) is 11.6. The second-order valence-corrected chi connectivity index (χ2v) is 9.23. The fourth-order valence-corrected chi connectivity index (χ4v) is 4.63. The Kier molecular flexibility index (Phi) is 10.8. The summed E-state index contributed by atoms with van der Waals surface area (Å²) in [5.74, 6) is 0.673. The monoisotopic (exact) mass is 411 g/mol. The molecule has 170 valence electrons. The number of methoxy groups -OCH3 is 2. The van der Waals surface area contributed by atoms with Crippen LogP contribution in [0.5, 0.6) is 0 Å². The standard InChI is InChI=1S/C24H45NO4/c1-9-17(4)15-19(28-7)16-21(26)25-14-12-13-20(25)22(29-8)18(5)23(27)24(6,10-2)11-3/h17-20,22H,9-16H2,1-8H3. The van der Waals surface area contributed by atoms with Gasteiger partial charge in [0.25, 0.3) is 0 Å². The molecular weight excluding hydrogens is 366 g/mol. The first-order chi connectivity index (χ1) is 13.7. The number of likely N-dealkylation sites (tertiary alicyclic amines) is 1. The maximum Gasteiger partial charge on any atom is 0.225 e. The van der Waals surface area contributed by atoms with E-state index in [1.165, 1.54) is 0 Å². The van der Waals surface area contributed by atoms with Crippen LogP contribution in [0.4, 0.5) is 0 Å². The number of amides is 1. The molecule has 0 N–H and O–H groups in total. The van der Waals surface area contributed by atoms with E-state index in [1.807, 2.05) is 18.7 Å². The van der Waals surface area contributed by atoms with Crippen molar-refractivity contribution in [3.05, 3.63) is 0 Å². The molecule has 0 radical (unpaired) electrons. The molecule has 0 aromatic heterocycles. The largest absolute Gasteiger partial charge is 0.381 e. The van der Waals surface area contributed by atoms with Crippen molar-refractivity contribution in [2.75, 3.05) is 20.8 Å². The van der Waals surface area contributed by atoms with E-state index in [0.717, 1.165) is 45.1 Å². The van der Waals surface area contributed by atoms with Crippen molar-refractivity contribution in [3.63, 3.8) is 0 Å². The number of rotatable bonds is 13. The topological polar surface area (TPSA) is 55.8 Å². The molecule has 5 heteroatoms. The van der Waals surface area contributed by atoms with E-state index in [2.05, 4.69) is 27.7 Å². The minimum absolute atomic E-state index is 0.0366. The molecule has 1 saturated heterocycles. The molecule has 5 nitrogen and oxygen atoms in total. The van der Waals surface area contributed by atoms with Crippen LogP contribution in [-0.2, 0) is 19.1 Å². The van der Waals surface area contributed by atoms with E-state index >= 15 is 0 Å². The van der Waals surface area contributed by atoms with Crippen molar-refractivity contribution in [1.82, 2.24) is 4.90 Å². The van der Waals surface area contributed by atoms with Gasteiger partial charge in [0.05, 0.1) is 24.7 Å². The van der Waals surface area contributed by atoms with Gasteiger partial charge < -0.3 is 14.4 Å². The molecule has 1 amide bonds. The number of ketones is 1. The van der Waals surface area contributed by atoms with E-state index in [-0.39, 0.29) is 41.3 Å². The Bertz CT molecular complexity index is 517. The Balaban J connectivity index is 2.91. The summed E-state index contributed by atoms with van der Waals surface area (Å²) in [4.78, 5) is 28.3. The molecule has 1 fully saturated rings. The van der Waals surface area contributed by atoms with Crippen molar-refractivity contribution in [2.45, 2.75) is 105 Å². The van der Waals surface area contributed by atoms with Crippen LogP contribution in [0.25, 0.3) is 0 Å². The lowest BCUT2D eigenvalue weighted by molar-refractivity contribution is -0.144. The zero-order valence-corrected chi connectivity index (χ0v) is 20.1. The Morgan fingerprint density at radius 3 is 2.21 bits per heavy atom. The van der Waals surface area contributed by atoms with E-state index in [0.29, 0.717) is 12.3 Å². The van der Waals surface area contributed by atoms with Crippen LogP contribution in [-0.4, -0.2) is 55.6 Å². The van der Waals surface area contributed by atoms with E-state index in [4.69, 9.17) is 9.47 Å². The van der Waals surface area contributed by atoms with Crippen molar-refractivity contribution in [3.8, 4) is 0 Å². The second-order valence-electron chi connectivity index (χ2n) is 9.23. The van der Waals surface area contributed by atoms with Gasteiger partial charge in [-0.05, 0) is 38.0 Å². The molecule has 1 aliphatic rings. The highest BCUT2D eigenvalue weighted by Gasteiger charge is 2.43. The predicted octanol–water partition coefficient (Wildman–Crippen LogP) is 4.87. The highest BCUT2D eigenvalue weighted by atomic mass is 16.5. The lowest BCUT2D eigenvalue weighted by Gasteiger charge is -2.37. The molecule has 0 spiro atoms. The molecular formula is C24H45NO4. The first kappa shape index (κ1) is 26.1. The molecule has 1 aliphatic heterocycles. The van der Waals surface area contributed by atoms with Gasteiger partial charge in [-0.3, -0.25) is 9.59 Å². The van der Waals surface area contributed by atoms with Gasteiger partial charge in [0.2, 0.25) is 5.91 Å². The summed E-state index contributed by atoms with van der Waals surface area (Å²) in [6.45, 7) is 13.3. The van der Waals surface area contributed by atoms with Crippen LogP contribution in [0.3, 0.4) is 0 Å². The molecule has 5 atom stereocenters. The van der Waals surface area contributed by atoms with Crippen molar-refractivity contribution in [1.29, 1.82) is 0 Å². The summed E-state index contributed by atoms with van der Waals surface area (Å²) in [5.41, 5.74) is -0.332. The van der Waals surface area contributed by atoms with Gasteiger partial charge in [-0.25, -0.2) is 0 Å². The average molecular weight is 412 g/mol. The third-order valence-corrected chi connectivity index (χ3v) is 7.43. The van der Waals surface area contributed by atoms with Crippen LogP contribution >= 0.6 is 0 Å². The molecule has 0 aromatic rings. The normalized spacial score (nSPS) is 21.7. The van der Waals surface area contributed by atoms with Gasteiger partial charge in [-0.15, -0.1) is 0 Å². The lowest BCUT2D eigenvalue weighted by atomic mass is 9.73. The maximum absolute atomic E-state index is 13.2. The van der Waals surface area contributed by atoms with Crippen molar-refractivity contribution >= 4 is 11.7 Å².